The fourth-order valence-corrected chi connectivity index (χ4v) is 3.77. The van der Waals surface area contributed by atoms with Gasteiger partial charge >= 0.3 is 0 Å². The minimum absolute atomic E-state index is 0.202. The van der Waals surface area contributed by atoms with Gasteiger partial charge in [-0.15, -0.1) is 0 Å². The molecular formula is C25H21ClF2N6O3. The molecule has 2 N–H and O–H groups in total. The first-order valence-electron chi connectivity index (χ1n) is 10.9. The van der Waals surface area contributed by atoms with Crippen molar-refractivity contribution in [2.24, 2.45) is 0 Å². The van der Waals surface area contributed by atoms with Gasteiger partial charge in [-0.05, 0) is 51.5 Å². The SMILES string of the molecule is Cc1cnc(-c2ccnc(C(C)(C)O)n2)cc1-n1c(C)cc(C(=O)Nc2ncc(F)cc2F)c(Cl)c1=O. The molecule has 0 bridgehead atoms. The van der Waals surface area contributed by atoms with Gasteiger partial charge in [0.2, 0.25) is 0 Å². The maximum atomic E-state index is 13.9. The second kappa shape index (κ2) is 9.75. The Hall–Kier alpha value is -4.09. The molecule has 9 nitrogen and oxygen atoms in total. The van der Waals surface area contributed by atoms with Crippen LogP contribution in [0.3, 0.4) is 0 Å². The van der Waals surface area contributed by atoms with Crippen LogP contribution in [0, 0.1) is 25.5 Å². The van der Waals surface area contributed by atoms with E-state index in [2.05, 4.69) is 25.3 Å². The number of carbonyl (C=O) groups is 1. The fraction of sp³-hybridized carbons (Fsp3) is 0.200. The predicted molar refractivity (Wildman–Crippen MR) is 133 cm³/mol. The number of aliphatic hydroxyl groups is 1. The number of amides is 1. The lowest BCUT2D eigenvalue weighted by atomic mass is 10.1. The summed E-state index contributed by atoms with van der Waals surface area (Å²) < 4.78 is 28.4. The maximum Gasteiger partial charge on any atom is 0.274 e. The highest BCUT2D eigenvalue weighted by molar-refractivity contribution is 6.34. The topological polar surface area (TPSA) is 123 Å². The number of aromatic nitrogens is 5. The van der Waals surface area contributed by atoms with Crippen LogP contribution in [0.15, 0.2) is 47.7 Å². The molecule has 0 unspecified atom stereocenters. The van der Waals surface area contributed by atoms with Gasteiger partial charge < -0.3 is 10.4 Å². The number of anilines is 1. The number of carbonyl (C=O) groups excluding carboxylic acids is 1. The third-order valence-electron chi connectivity index (χ3n) is 5.40. The highest BCUT2D eigenvalue weighted by atomic mass is 35.5. The zero-order valence-electron chi connectivity index (χ0n) is 20.2. The molecule has 4 aromatic heterocycles. The third kappa shape index (κ3) is 5.23. The predicted octanol–water partition coefficient (Wildman–Crippen LogP) is 4.11. The Morgan fingerprint density at radius 3 is 2.49 bits per heavy atom. The maximum absolute atomic E-state index is 13.9. The standard InChI is InChI=1S/C25H21ClF2N6O3/c1-12-10-30-18(17-5-6-29-24(32-17)25(3,4)37)9-19(12)34-13(2)7-15(20(26)23(34)36)22(35)33-21-16(28)8-14(27)11-31-21/h5-11,37H,1-4H3,(H,31,33,35). The summed E-state index contributed by atoms with van der Waals surface area (Å²) in [6.45, 7) is 6.46. The molecule has 0 aliphatic carbocycles. The average Bonchev–Trinajstić information content (AvgIpc) is 2.84. The summed E-state index contributed by atoms with van der Waals surface area (Å²) in [5.74, 6) is -3.17. The van der Waals surface area contributed by atoms with Crippen molar-refractivity contribution in [3.05, 3.63) is 92.5 Å². The Balaban J connectivity index is 1.76. The molecule has 4 rings (SSSR count). The molecule has 12 heteroatoms. The van der Waals surface area contributed by atoms with Crippen LogP contribution in [-0.2, 0) is 5.60 Å². The monoisotopic (exact) mass is 526 g/mol. The molecule has 0 radical (unpaired) electrons. The van der Waals surface area contributed by atoms with E-state index in [9.17, 15) is 23.5 Å². The Kier molecular flexibility index (Phi) is 6.85. The molecule has 0 spiro atoms. The molecule has 37 heavy (non-hydrogen) atoms. The average molecular weight is 527 g/mol. The Labute approximate surface area is 214 Å². The highest BCUT2D eigenvalue weighted by Gasteiger charge is 2.22. The quantitative estimate of drug-likeness (QED) is 0.401. The van der Waals surface area contributed by atoms with Crippen LogP contribution in [0.4, 0.5) is 14.6 Å². The Bertz CT molecular complexity index is 1600. The number of halogens is 3. The van der Waals surface area contributed by atoms with Gasteiger partial charge in [-0.2, -0.15) is 0 Å². The van der Waals surface area contributed by atoms with Crippen LogP contribution >= 0.6 is 11.6 Å². The van der Waals surface area contributed by atoms with Crippen LogP contribution in [-0.4, -0.2) is 35.5 Å². The zero-order chi connectivity index (χ0) is 27.1. The van der Waals surface area contributed by atoms with Gasteiger partial charge in [0.25, 0.3) is 11.5 Å². The first-order valence-corrected chi connectivity index (χ1v) is 11.3. The number of hydrogen-bond donors (Lipinski definition) is 2. The molecule has 4 aromatic rings. The van der Waals surface area contributed by atoms with Crippen LogP contribution in [0.1, 0.15) is 41.3 Å². The molecule has 1 amide bonds. The van der Waals surface area contributed by atoms with E-state index in [-0.39, 0.29) is 11.4 Å². The normalized spacial score (nSPS) is 11.5. The molecular weight excluding hydrogens is 506 g/mol. The summed E-state index contributed by atoms with van der Waals surface area (Å²) in [6, 6.07) is 5.19. The summed E-state index contributed by atoms with van der Waals surface area (Å²) in [7, 11) is 0. The first kappa shape index (κ1) is 26.0. The van der Waals surface area contributed by atoms with Crippen molar-refractivity contribution in [1.82, 2.24) is 24.5 Å². The van der Waals surface area contributed by atoms with Gasteiger partial charge in [-0.1, -0.05) is 11.6 Å². The van der Waals surface area contributed by atoms with Crippen LogP contribution in [0.5, 0.6) is 0 Å². The van der Waals surface area contributed by atoms with Gasteiger partial charge in [0.1, 0.15) is 16.4 Å². The summed E-state index contributed by atoms with van der Waals surface area (Å²) in [5.41, 5.74) is 0.0984. The molecule has 0 aliphatic rings. The van der Waals surface area contributed by atoms with E-state index in [1.54, 1.807) is 46.0 Å². The summed E-state index contributed by atoms with van der Waals surface area (Å²) in [4.78, 5) is 42.4. The second-order valence-electron chi connectivity index (χ2n) is 8.77. The van der Waals surface area contributed by atoms with Gasteiger partial charge in [-0.3, -0.25) is 19.1 Å². The van der Waals surface area contributed by atoms with Crippen molar-refractivity contribution in [1.29, 1.82) is 0 Å². The lowest BCUT2D eigenvalue weighted by Crippen LogP contribution is -2.26. The van der Waals surface area contributed by atoms with Crippen LogP contribution in [0.25, 0.3) is 17.1 Å². The largest absolute Gasteiger partial charge is 0.382 e. The highest BCUT2D eigenvalue weighted by Crippen LogP contribution is 2.25. The van der Waals surface area contributed by atoms with Crippen LogP contribution < -0.4 is 10.9 Å². The van der Waals surface area contributed by atoms with Gasteiger partial charge in [0.05, 0.1) is 28.8 Å². The minimum atomic E-state index is -1.27. The van der Waals surface area contributed by atoms with Gasteiger partial charge in [-0.25, -0.2) is 23.7 Å². The number of pyridine rings is 3. The number of nitrogens with zero attached hydrogens (tertiary/aromatic N) is 5. The van der Waals surface area contributed by atoms with E-state index >= 15 is 0 Å². The smallest absolute Gasteiger partial charge is 0.274 e. The zero-order valence-corrected chi connectivity index (χ0v) is 20.9. The van der Waals surface area contributed by atoms with Crippen LogP contribution in [0.2, 0.25) is 5.02 Å². The van der Waals surface area contributed by atoms with E-state index < -0.39 is 39.5 Å². The lowest BCUT2D eigenvalue weighted by molar-refractivity contribution is 0.0688. The number of hydrogen-bond acceptors (Lipinski definition) is 7. The van der Waals surface area contributed by atoms with Gasteiger partial charge in [0, 0.05) is 24.2 Å². The lowest BCUT2D eigenvalue weighted by Gasteiger charge is -2.17. The summed E-state index contributed by atoms with van der Waals surface area (Å²) >= 11 is 6.29. The Morgan fingerprint density at radius 2 is 1.81 bits per heavy atom. The molecule has 190 valence electrons. The van der Waals surface area contributed by atoms with Crippen molar-refractivity contribution < 1.29 is 18.7 Å². The van der Waals surface area contributed by atoms with Crippen molar-refractivity contribution in [3.8, 4) is 17.1 Å². The number of aryl methyl sites for hydroxylation is 2. The molecule has 0 atom stereocenters. The molecule has 0 aliphatic heterocycles. The first-order chi connectivity index (χ1) is 17.4. The second-order valence-corrected chi connectivity index (χ2v) is 9.15. The van der Waals surface area contributed by atoms with E-state index in [0.717, 1.165) is 6.20 Å². The molecule has 0 fully saturated rings. The molecule has 0 aromatic carbocycles. The van der Waals surface area contributed by atoms with Crippen molar-refractivity contribution >= 4 is 23.3 Å². The van der Waals surface area contributed by atoms with E-state index in [0.29, 0.717) is 34.4 Å². The van der Waals surface area contributed by atoms with Crippen molar-refractivity contribution in [2.45, 2.75) is 33.3 Å². The molecule has 0 saturated heterocycles. The fourth-order valence-electron chi connectivity index (χ4n) is 3.55. The van der Waals surface area contributed by atoms with E-state index in [1.807, 2.05) is 0 Å². The Morgan fingerprint density at radius 1 is 1.08 bits per heavy atom. The third-order valence-corrected chi connectivity index (χ3v) is 5.76. The minimum Gasteiger partial charge on any atom is -0.382 e. The molecule has 4 heterocycles. The summed E-state index contributed by atoms with van der Waals surface area (Å²) in [5, 5.41) is 12.0. The van der Waals surface area contributed by atoms with Gasteiger partial charge in [0.15, 0.2) is 17.5 Å². The van der Waals surface area contributed by atoms with Crippen molar-refractivity contribution in [3.63, 3.8) is 0 Å². The van der Waals surface area contributed by atoms with E-state index in [4.69, 9.17) is 11.6 Å². The number of rotatable bonds is 5. The molecule has 0 saturated carbocycles. The van der Waals surface area contributed by atoms with E-state index in [1.165, 1.54) is 16.8 Å². The summed E-state index contributed by atoms with van der Waals surface area (Å²) in [6.07, 6.45) is 3.80. The number of nitrogens with one attached hydrogen (secondary N) is 1. The van der Waals surface area contributed by atoms with Crippen molar-refractivity contribution in [2.75, 3.05) is 5.32 Å².